The molecule has 1 aromatic heterocycles. The summed E-state index contributed by atoms with van der Waals surface area (Å²) >= 11 is 6.46. The third-order valence-electron chi connectivity index (χ3n) is 3.96. The lowest BCUT2D eigenvalue weighted by molar-refractivity contribution is 0.287. The Morgan fingerprint density at radius 1 is 1.26 bits per heavy atom. The second-order valence-electron chi connectivity index (χ2n) is 5.64. The highest BCUT2D eigenvalue weighted by Gasteiger charge is 2.24. The molecule has 2 unspecified atom stereocenters. The van der Waals surface area contributed by atoms with Crippen LogP contribution in [0.25, 0.3) is 0 Å². The topological polar surface area (TPSA) is 29.9 Å². The van der Waals surface area contributed by atoms with Crippen molar-refractivity contribution in [1.82, 2.24) is 15.1 Å². The van der Waals surface area contributed by atoms with Crippen molar-refractivity contribution in [2.75, 3.05) is 6.54 Å². The minimum absolute atomic E-state index is 0.487. The monoisotopic (exact) mass is 285 g/mol. The van der Waals surface area contributed by atoms with Crippen LogP contribution in [-0.4, -0.2) is 22.4 Å². The first kappa shape index (κ1) is 16.5. The smallest absolute Gasteiger partial charge is 0.0849 e. The second kappa shape index (κ2) is 7.30. The average Bonchev–Trinajstić information content (AvgIpc) is 2.61. The highest BCUT2D eigenvalue weighted by atomic mass is 35.5. The first-order valence-electron chi connectivity index (χ1n) is 7.35. The molecule has 1 N–H and O–H groups in total. The Kier molecular flexibility index (Phi) is 6.34. The zero-order valence-corrected chi connectivity index (χ0v) is 13.9. The molecule has 1 rings (SSSR count). The molecule has 0 aliphatic rings. The van der Waals surface area contributed by atoms with E-state index >= 15 is 0 Å². The van der Waals surface area contributed by atoms with Gasteiger partial charge in [0.15, 0.2) is 0 Å². The van der Waals surface area contributed by atoms with Crippen LogP contribution in [0.4, 0.5) is 0 Å². The van der Waals surface area contributed by atoms with Crippen LogP contribution in [0.5, 0.6) is 0 Å². The third kappa shape index (κ3) is 3.96. The molecule has 0 aliphatic heterocycles. The molecule has 0 saturated heterocycles. The van der Waals surface area contributed by atoms with Crippen molar-refractivity contribution in [3.8, 4) is 0 Å². The normalized spacial score (nSPS) is 14.9. The standard InChI is InChI=1S/C15H28ClN3/c1-7-13-15(16)14(19(6)18-13)9-12(10(3)4)11(5)17-8-2/h10-12,17H,7-9H2,1-6H3. The van der Waals surface area contributed by atoms with Gasteiger partial charge in [0.25, 0.3) is 0 Å². The van der Waals surface area contributed by atoms with Crippen LogP contribution in [0.15, 0.2) is 0 Å². The number of nitrogens with one attached hydrogen (secondary N) is 1. The number of hydrogen-bond acceptors (Lipinski definition) is 2. The predicted octanol–water partition coefficient (Wildman–Crippen LogP) is 3.45. The first-order chi connectivity index (χ1) is 8.92. The van der Waals surface area contributed by atoms with Gasteiger partial charge in [0.2, 0.25) is 0 Å². The van der Waals surface area contributed by atoms with Gasteiger partial charge in [-0.3, -0.25) is 4.68 Å². The van der Waals surface area contributed by atoms with Gasteiger partial charge in [-0.1, -0.05) is 39.3 Å². The molecule has 19 heavy (non-hydrogen) atoms. The first-order valence-corrected chi connectivity index (χ1v) is 7.73. The molecular formula is C15H28ClN3. The summed E-state index contributed by atoms with van der Waals surface area (Å²) in [7, 11) is 2.00. The van der Waals surface area contributed by atoms with E-state index in [1.54, 1.807) is 0 Å². The molecule has 1 heterocycles. The van der Waals surface area contributed by atoms with E-state index in [1.807, 2.05) is 11.7 Å². The summed E-state index contributed by atoms with van der Waals surface area (Å²) in [5.74, 6) is 1.18. The number of aromatic nitrogens is 2. The van der Waals surface area contributed by atoms with Gasteiger partial charge in [-0.05, 0) is 38.1 Å². The van der Waals surface area contributed by atoms with E-state index in [2.05, 4.69) is 45.0 Å². The zero-order valence-electron chi connectivity index (χ0n) is 13.1. The van der Waals surface area contributed by atoms with Gasteiger partial charge in [-0.15, -0.1) is 0 Å². The number of halogens is 1. The van der Waals surface area contributed by atoms with Crippen molar-refractivity contribution in [3.63, 3.8) is 0 Å². The Labute approximate surface area is 122 Å². The van der Waals surface area contributed by atoms with E-state index in [9.17, 15) is 0 Å². The molecule has 0 aromatic carbocycles. The summed E-state index contributed by atoms with van der Waals surface area (Å²) in [6, 6.07) is 0.487. The number of hydrogen-bond donors (Lipinski definition) is 1. The molecule has 0 saturated carbocycles. The molecule has 0 spiro atoms. The summed E-state index contributed by atoms with van der Waals surface area (Å²) in [4.78, 5) is 0. The van der Waals surface area contributed by atoms with Crippen molar-refractivity contribution >= 4 is 11.6 Å². The largest absolute Gasteiger partial charge is 0.314 e. The lowest BCUT2D eigenvalue weighted by Gasteiger charge is -2.28. The Bertz CT molecular complexity index is 398. The van der Waals surface area contributed by atoms with Crippen LogP contribution in [0.3, 0.4) is 0 Å². The van der Waals surface area contributed by atoms with Crippen LogP contribution in [-0.2, 0) is 19.9 Å². The molecule has 0 aliphatic carbocycles. The van der Waals surface area contributed by atoms with E-state index in [-0.39, 0.29) is 0 Å². The molecular weight excluding hydrogens is 258 g/mol. The van der Waals surface area contributed by atoms with Gasteiger partial charge in [0.1, 0.15) is 0 Å². The minimum atomic E-state index is 0.487. The molecule has 4 heteroatoms. The number of aryl methyl sites for hydroxylation is 2. The van der Waals surface area contributed by atoms with E-state index < -0.39 is 0 Å². The van der Waals surface area contributed by atoms with E-state index in [4.69, 9.17) is 11.6 Å². The third-order valence-corrected chi connectivity index (χ3v) is 4.39. The Morgan fingerprint density at radius 2 is 1.89 bits per heavy atom. The van der Waals surface area contributed by atoms with Crippen LogP contribution >= 0.6 is 11.6 Å². The van der Waals surface area contributed by atoms with Crippen molar-refractivity contribution in [2.45, 2.75) is 53.5 Å². The molecule has 2 atom stereocenters. The molecule has 0 bridgehead atoms. The lowest BCUT2D eigenvalue weighted by atomic mass is 9.85. The highest BCUT2D eigenvalue weighted by Crippen LogP contribution is 2.27. The van der Waals surface area contributed by atoms with Crippen molar-refractivity contribution in [2.24, 2.45) is 18.9 Å². The summed E-state index contributed by atoms with van der Waals surface area (Å²) in [5, 5.41) is 8.91. The van der Waals surface area contributed by atoms with Crippen LogP contribution in [0.2, 0.25) is 5.02 Å². The Hall–Kier alpha value is -0.540. The molecule has 1 aromatic rings. The fourth-order valence-electron chi connectivity index (χ4n) is 2.73. The van der Waals surface area contributed by atoms with Crippen molar-refractivity contribution < 1.29 is 0 Å². The van der Waals surface area contributed by atoms with E-state index in [0.717, 1.165) is 30.1 Å². The quantitative estimate of drug-likeness (QED) is 0.832. The molecule has 0 amide bonds. The summed E-state index contributed by atoms with van der Waals surface area (Å²) in [5.41, 5.74) is 2.18. The number of rotatable bonds is 7. The Balaban J connectivity index is 2.94. The minimum Gasteiger partial charge on any atom is -0.314 e. The Morgan fingerprint density at radius 3 is 2.32 bits per heavy atom. The van der Waals surface area contributed by atoms with Gasteiger partial charge in [0.05, 0.1) is 16.4 Å². The number of nitrogens with zero attached hydrogens (tertiary/aromatic N) is 2. The summed E-state index contributed by atoms with van der Waals surface area (Å²) in [6.07, 6.45) is 1.87. The molecule has 3 nitrogen and oxygen atoms in total. The van der Waals surface area contributed by atoms with Crippen molar-refractivity contribution in [3.05, 3.63) is 16.4 Å². The van der Waals surface area contributed by atoms with Crippen LogP contribution in [0.1, 0.15) is 46.0 Å². The summed E-state index contributed by atoms with van der Waals surface area (Å²) in [6.45, 7) is 12.1. The second-order valence-corrected chi connectivity index (χ2v) is 6.02. The van der Waals surface area contributed by atoms with Crippen LogP contribution < -0.4 is 5.32 Å². The zero-order chi connectivity index (χ0) is 14.6. The maximum atomic E-state index is 6.46. The molecule has 0 radical (unpaired) electrons. The fourth-order valence-corrected chi connectivity index (χ4v) is 3.10. The van der Waals surface area contributed by atoms with Crippen molar-refractivity contribution in [1.29, 1.82) is 0 Å². The molecule has 110 valence electrons. The average molecular weight is 286 g/mol. The van der Waals surface area contributed by atoms with E-state index in [0.29, 0.717) is 17.9 Å². The molecule has 0 fully saturated rings. The van der Waals surface area contributed by atoms with Crippen LogP contribution in [0, 0.1) is 11.8 Å². The maximum Gasteiger partial charge on any atom is 0.0849 e. The highest BCUT2D eigenvalue weighted by molar-refractivity contribution is 6.31. The summed E-state index contributed by atoms with van der Waals surface area (Å²) < 4.78 is 1.95. The fraction of sp³-hybridized carbons (Fsp3) is 0.800. The van der Waals surface area contributed by atoms with Gasteiger partial charge < -0.3 is 5.32 Å². The van der Waals surface area contributed by atoms with Gasteiger partial charge in [-0.2, -0.15) is 5.10 Å². The van der Waals surface area contributed by atoms with Gasteiger partial charge in [-0.25, -0.2) is 0 Å². The van der Waals surface area contributed by atoms with E-state index in [1.165, 1.54) is 5.69 Å². The van der Waals surface area contributed by atoms with Gasteiger partial charge in [0, 0.05) is 13.1 Å². The lowest BCUT2D eigenvalue weighted by Crippen LogP contribution is -2.37. The van der Waals surface area contributed by atoms with Gasteiger partial charge >= 0.3 is 0 Å². The SMILES string of the molecule is CCNC(C)C(Cc1c(Cl)c(CC)nn1C)C(C)C. The predicted molar refractivity (Wildman–Crippen MR) is 82.8 cm³/mol. The maximum absolute atomic E-state index is 6.46.